The predicted octanol–water partition coefficient (Wildman–Crippen LogP) is 4.80. The first-order valence-corrected chi connectivity index (χ1v) is 9.68. The monoisotopic (exact) mass is 341 g/mol. The molecule has 0 N–H and O–H groups in total. The van der Waals surface area contributed by atoms with Crippen LogP contribution in [0.5, 0.6) is 0 Å². The third kappa shape index (κ3) is 3.38. The van der Waals surface area contributed by atoms with Gasteiger partial charge in [0.05, 0.1) is 5.69 Å². The number of rotatable bonds is 3. The highest BCUT2D eigenvalue weighted by Crippen LogP contribution is 2.51. The standard InChI is InChI=1S/C22H31NO2/c1-16(24)11-12-17-9-8-10-18-19(17)23(20(25)21(2,3)4)15-22(18)13-6-5-7-14-22/h8-10H,5-7,11-15H2,1-4H3. The summed E-state index contributed by atoms with van der Waals surface area (Å²) in [6.07, 6.45) is 7.40. The predicted molar refractivity (Wildman–Crippen MR) is 102 cm³/mol. The Morgan fingerprint density at radius 3 is 2.40 bits per heavy atom. The summed E-state index contributed by atoms with van der Waals surface area (Å²) in [6, 6.07) is 6.45. The molecular weight excluding hydrogens is 310 g/mol. The number of hydrogen-bond donors (Lipinski definition) is 0. The molecule has 3 heteroatoms. The summed E-state index contributed by atoms with van der Waals surface area (Å²) < 4.78 is 0. The molecule has 1 aromatic carbocycles. The summed E-state index contributed by atoms with van der Waals surface area (Å²) in [6.45, 7) is 8.45. The number of carbonyl (C=O) groups excluding carboxylic acids is 2. The van der Waals surface area contributed by atoms with Crippen LogP contribution in [0, 0.1) is 5.41 Å². The Morgan fingerprint density at radius 1 is 1.12 bits per heavy atom. The molecule has 3 rings (SSSR count). The Morgan fingerprint density at radius 2 is 1.80 bits per heavy atom. The number of anilines is 1. The number of hydrogen-bond acceptors (Lipinski definition) is 2. The number of carbonyl (C=O) groups is 2. The minimum Gasteiger partial charge on any atom is -0.310 e. The number of benzene rings is 1. The molecule has 0 unspecified atom stereocenters. The van der Waals surface area contributed by atoms with E-state index in [0.717, 1.165) is 24.2 Å². The zero-order chi connectivity index (χ0) is 18.2. The van der Waals surface area contributed by atoms with Crippen LogP contribution in [0.25, 0.3) is 0 Å². The minimum atomic E-state index is -0.398. The Balaban J connectivity index is 2.07. The molecule has 0 bridgehead atoms. The van der Waals surface area contributed by atoms with Crippen LogP contribution in [0.15, 0.2) is 18.2 Å². The van der Waals surface area contributed by atoms with E-state index < -0.39 is 5.41 Å². The van der Waals surface area contributed by atoms with Gasteiger partial charge in [-0.05, 0) is 37.3 Å². The Hall–Kier alpha value is -1.64. The van der Waals surface area contributed by atoms with E-state index >= 15 is 0 Å². The molecule has 0 atom stereocenters. The second kappa shape index (κ2) is 6.59. The summed E-state index contributed by atoms with van der Waals surface area (Å²) in [5.41, 5.74) is 3.36. The Kier molecular flexibility index (Phi) is 4.78. The van der Waals surface area contributed by atoms with Gasteiger partial charge in [0, 0.05) is 23.8 Å². The van der Waals surface area contributed by atoms with Crippen LogP contribution in [0.2, 0.25) is 0 Å². The van der Waals surface area contributed by atoms with Gasteiger partial charge in [0.25, 0.3) is 0 Å². The molecule has 0 saturated heterocycles. The van der Waals surface area contributed by atoms with Gasteiger partial charge in [-0.25, -0.2) is 0 Å². The van der Waals surface area contributed by atoms with Crippen molar-refractivity contribution in [2.45, 2.75) is 78.1 Å². The van der Waals surface area contributed by atoms with E-state index in [4.69, 9.17) is 0 Å². The van der Waals surface area contributed by atoms with Crippen LogP contribution in [0.1, 0.15) is 77.3 Å². The molecule has 1 aliphatic heterocycles. The van der Waals surface area contributed by atoms with Crippen molar-refractivity contribution in [2.24, 2.45) is 5.41 Å². The third-order valence-electron chi connectivity index (χ3n) is 5.87. The lowest BCUT2D eigenvalue weighted by atomic mass is 9.70. The number of nitrogens with zero attached hydrogens (tertiary/aromatic N) is 1. The molecule has 1 amide bonds. The van der Waals surface area contributed by atoms with Gasteiger partial charge in [0.15, 0.2) is 0 Å². The highest BCUT2D eigenvalue weighted by Gasteiger charge is 2.47. The third-order valence-corrected chi connectivity index (χ3v) is 5.87. The van der Waals surface area contributed by atoms with Crippen molar-refractivity contribution in [1.29, 1.82) is 0 Å². The number of Topliss-reactive ketones (excluding diaryl/α,β-unsaturated/α-hetero) is 1. The molecule has 0 aromatic heterocycles. The molecule has 0 radical (unpaired) electrons. The number of para-hydroxylation sites is 1. The number of ketones is 1. The molecule has 136 valence electrons. The number of fused-ring (bicyclic) bond motifs is 2. The molecule has 25 heavy (non-hydrogen) atoms. The van der Waals surface area contributed by atoms with Crippen molar-refractivity contribution in [1.82, 2.24) is 0 Å². The van der Waals surface area contributed by atoms with Gasteiger partial charge in [0.1, 0.15) is 5.78 Å². The van der Waals surface area contributed by atoms with E-state index in [1.54, 1.807) is 6.92 Å². The van der Waals surface area contributed by atoms with Crippen molar-refractivity contribution < 1.29 is 9.59 Å². The fourth-order valence-corrected chi connectivity index (χ4v) is 4.55. The average molecular weight is 341 g/mol. The summed E-state index contributed by atoms with van der Waals surface area (Å²) in [7, 11) is 0. The van der Waals surface area contributed by atoms with Crippen LogP contribution in [0.3, 0.4) is 0 Å². The van der Waals surface area contributed by atoms with Crippen molar-refractivity contribution in [3.05, 3.63) is 29.3 Å². The summed E-state index contributed by atoms with van der Waals surface area (Å²) in [4.78, 5) is 26.8. The van der Waals surface area contributed by atoms with Crippen LogP contribution in [-0.2, 0) is 21.4 Å². The molecule has 1 aliphatic carbocycles. The fourth-order valence-electron chi connectivity index (χ4n) is 4.55. The maximum atomic E-state index is 13.2. The largest absolute Gasteiger partial charge is 0.310 e. The van der Waals surface area contributed by atoms with Gasteiger partial charge < -0.3 is 9.69 Å². The van der Waals surface area contributed by atoms with Gasteiger partial charge in [-0.2, -0.15) is 0 Å². The molecule has 1 aromatic rings. The van der Waals surface area contributed by atoms with E-state index in [-0.39, 0.29) is 17.1 Å². The van der Waals surface area contributed by atoms with Gasteiger partial charge in [-0.3, -0.25) is 4.79 Å². The van der Waals surface area contributed by atoms with Gasteiger partial charge in [-0.15, -0.1) is 0 Å². The maximum Gasteiger partial charge on any atom is 0.232 e. The van der Waals surface area contributed by atoms with Crippen LogP contribution >= 0.6 is 0 Å². The van der Waals surface area contributed by atoms with Crippen molar-refractivity contribution in [2.75, 3.05) is 11.4 Å². The Bertz CT molecular complexity index is 678. The first-order valence-electron chi connectivity index (χ1n) is 9.68. The highest BCUT2D eigenvalue weighted by atomic mass is 16.2. The molecule has 1 spiro atoms. The van der Waals surface area contributed by atoms with Gasteiger partial charge in [0.2, 0.25) is 5.91 Å². The maximum absolute atomic E-state index is 13.2. The first kappa shape index (κ1) is 18.2. The zero-order valence-corrected chi connectivity index (χ0v) is 16.2. The highest BCUT2D eigenvalue weighted by molar-refractivity contribution is 6.00. The summed E-state index contributed by atoms with van der Waals surface area (Å²) in [5.74, 6) is 0.406. The van der Waals surface area contributed by atoms with Crippen LogP contribution in [-0.4, -0.2) is 18.2 Å². The molecule has 1 saturated carbocycles. The molecular formula is C22H31NO2. The lowest BCUT2D eigenvalue weighted by molar-refractivity contribution is -0.125. The van der Waals surface area contributed by atoms with Gasteiger partial charge in [-0.1, -0.05) is 58.2 Å². The van der Waals surface area contributed by atoms with E-state index in [0.29, 0.717) is 6.42 Å². The second-order valence-corrected chi connectivity index (χ2v) is 9.00. The summed E-state index contributed by atoms with van der Waals surface area (Å²) in [5, 5.41) is 0. The quantitative estimate of drug-likeness (QED) is 0.792. The topological polar surface area (TPSA) is 37.4 Å². The molecule has 1 fully saturated rings. The number of aryl methyl sites for hydroxylation is 1. The SMILES string of the molecule is CC(=O)CCc1cccc2c1N(C(=O)C(C)(C)C)CC21CCCCC1. The second-order valence-electron chi connectivity index (χ2n) is 9.00. The van der Waals surface area contributed by atoms with Crippen molar-refractivity contribution in [3.8, 4) is 0 Å². The van der Waals surface area contributed by atoms with Crippen molar-refractivity contribution >= 4 is 17.4 Å². The zero-order valence-electron chi connectivity index (χ0n) is 16.2. The van der Waals surface area contributed by atoms with E-state index in [1.807, 2.05) is 20.8 Å². The minimum absolute atomic E-state index is 0.126. The van der Waals surface area contributed by atoms with E-state index in [2.05, 4.69) is 23.1 Å². The molecule has 3 nitrogen and oxygen atoms in total. The molecule has 1 heterocycles. The Labute approximate surface area is 151 Å². The smallest absolute Gasteiger partial charge is 0.232 e. The van der Waals surface area contributed by atoms with E-state index in [9.17, 15) is 9.59 Å². The normalized spacial score (nSPS) is 19.1. The lowest BCUT2D eigenvalue weighted by Gasteiger charge is -2.35. The fraction of sp³-hybridized carbons (Fsp3) is 0.636. The lowest BCUT2D eigenvalue weighted by Crippen LogP contribution is -2.43. The average Bonchev–Trinajstić information content (AvgIpc) is 2.87. The first-order chi connectivity index (χ1) is 11.7. The van der Waals surface area contributed by atoms with Crippen LogP contribution in [0.4, 0.5) is 5.69 Å². The van der Waals surface area contributed by atoms with Gasteiger partial charge >= 0.3 is 0 Å². The number of amides is 1. The summed E-state index contributed by atoms with van der Waals surface area (Å²) >= 11 is 0. The van der Waals surface area contributed by atoms with E-state index in [1.165, 1.54) is 37.7 Å². The van der Waals surface area contributed by atoms with Crippen LogP contribution < -0.4 is 4.90 Å². The molecule has 2 aliphatic rings. The van der Waals surface area contributed by atoms with Crippen molar-refractivity contribution in [3.63, 3.8) is 0 Å².